The van der Waals surface area contributed by atoms with Crippen LogP contribution in [0.1, 0.15) is 36.4 Å². The van der Waals surface area contributed by atoms with Gasteiger partial charge in [0, 0.05) is 19.2 Å². The quantitative estimate of drug-likeness (QED) is 0.705. The molecule has 1 saturated carbocycles. The molecule has 1 fully saturated rings. The average Bonchev–Trinajstić information content (AvgIpc) is 3.25. The van der Waals surface area contributed by atoms with Crippen molar-refractivity contribution in [2.24, 2.45) is 11.7 Å². The van der Waals surface area contributed by atoms with Crippen molar-refractivity contribution in [2.45, 2.75) is 32.2 Å². The molecule has 20 heavy (non-hydrogen) atoms. The number of likely N-dealkylation sites (N-methyl/N-ethyl adjacent to an activating group) is 1. The van der Waals surface area contributed by atoms with Gasteiger partial charge in [-0.3, -0.25) is 0 Å². The number of aryl methyl sites for hydroxylation is 1. The number of benzene rings is 1. The molecule has 0 saturated heterocycles. The Labute approximate surface area is 123 Å². The Morgan fingerprint density at radius 1 is 1.35 bits per heavy atom. The molecular weight excluding hydrogens is 248 g/mol. The molecule has 1 unspecified atom stereocenters. The fraction of sp³-hybridized carbons (Fsp3) is 0.647. The molecule has 3 heteroatoms. The molecule has 2 N–H and O–H groups in total. The fourth-order valence-electron chi connectivity index (χ4n) is 2.29. The molecule has 0 aliphatic heterocycles. The monoisotopic (exact) mass is 276 g/mol. The first-order valence-corrected chi connectivity index (χ1v) is 7.73. The lowest BCUT2D eigenvalue weighted by molar-refractivity contribution is 0.103. The molecule has 1 aromatic carbocycles. The van der Waals surface area contributed by atoms with E-state index in [9.17, 15) is 0 Å². The van der Waals surface area contributed by atoms with Crippen LogP contribution in [0.5, 0.6) is 0 Å². The lowest BCUT2D eigenvalue weighted by Crippen LogP contribution is -2.27. The summed E-state index contributed by atoms with van der Waals surface area (Å²) in [6, 6.07) is 8.63. The summed E-state index contributed by atoms with van der Waals surface area (Å²) in [5.74, 6) is 0.857. The van der Waals surface area contributed by atoms with Crippen molar-refractivity contribution in [1.82, 2.24) is 4.90 Å². The number of rotatable bonds is 9. The zero-order valence-corrected chi connectivity index (χ0v) is 12.8. The molecule has 1 aliphatic rings. The van der Waals surface area contributed by atoms with Crippen LogP contribution in [0.15, 0.2) is 24.3 Å². The molecule has 1 atom stereocenters. The SMILES string of the molecule is Cc1cccc(C(N)CCN(C)CCOCC2CC2)c1. The van der Waals surface area contributed by atoms with Crippen molar-refractivity contribution in [3.8, 4) is 0 Å². The summed E-state index contributed by atoms with van der Waals surface area (Å²) in [5.41, 5.74) is 8.77. The van der Waals surface area contributed by atoms with Crippen LogP contribution in [0.25, 0.3) is 0 Å². The van der Waals surface area contributed by atoms with Gasteiger partial charge in [0.25, 0.3) is 0 Å². The highest BCUT2D eigenvalue weighted by Crippen LogP contribution is 2.28. The van der Waals surface area contributed by atoms with E-state index in [-0.39, 0.29) is 6.04 Å². The van der Waals surface area contributed by atoms with E-state index in [0.29, 0.717) is 0 Å². The van der Waals surface area contributed by atoms with Crippen LogP contribution in [0.4, 0.5) is 0 Å². The molecule has 0 bridgehead atoms. The summed E-state index contributed by atoms with van der Waals surface area (Å²) < 4.78 is 5.66. The maximum Gasteiger partial charge on any atom is 0.0593 e. The van der Waals surface area contributed by atoms with Crippen LogP contribution in [-0.4, -0.2) is 38.3 Å². The second-order valence-corrected chi connectivity index (χ2v) is 6.13. The normalized spacial score (nSPS) is 16.6. The number of nitrogens with two attached hydrogens (primary N) is 1. The fourth-order valence-corrected chi connectivity index (χ4v) is 2.29. The third-order valence-electron chi connectivity index (χ3n) is 3.96. The Bertz CT molecular complexity index is 404. The summed E-state index contributed by atoms with van der Waals surface area (Å²) >= 11 is 0. The van der Waals surface area contributed by atoms with Crippen LogP contribution in [0.3, 0.4) is 0 Å². The molecule has 2 rings (SSSR count). The molecule has 0 amide bonds. The van der Waals surface area contributed by atoms with Crippen LogP contribution >= 0.6 is 0 Å². The molecule has 3 nitrogen and oxygen atoms in total. The predicted molar refractivity (Wildman–Crippen MR) is 83.8 cm³/mol. The van der Waals surface area contributed by atoms with E-state index in [2.05, 4.69) is 43.1 Å². The highest BCUT2D eigenvalue weighted by atomic mass is 16.5. The van der Waals surface area contributed by atoms with E-state index < -0.39 is 0 Å². The summed E-state index contributed by atoms with van der Waals surface area (Å²) in [7, 11) is 2.14. The summed E-state index contributed by atoms with van der Waals surface area (Å²) in [5, 5.41) is 0. The molecule has 0 aromatic heterocycles. The van der Waals surface area contributed by atoms with E-state index in [4.69, 9.17) is 10.5 Å². The Morgan fingerprint density at radius 2 is 2.15 bits per heavy atom. The molecular formula is C17H28N2O. The maximum absolute atomic E-state index is 6.26. The first kappa shape index (κ1) is 15.5. The van der Waals surface area contributed by atoms with Gasteiger partial charge in [-0.05, 0) is 51.3 Å². The first-order chi connectivity index (χ1) is 9.65. The van der Waals surface area contributed by atoms with Gasteiger partial charge in [0.1, 0.15) is 0 Å². The van der Waals surface area contributed by atoms with Gasteiger partial charge in [-0.15, -0.1) is 0 Å². The lowest BCUT2D eigenvalue weighted by Gasteiger charge is -2.19. The molecule has 1 aromatic rings. The Kier molecular flexibility index (Phi) is 6.02. The van der Waals surface area contributed by atoms with Crippen molar-refractivity contribution in [3.63, 3.8) is 0 Å². The molecule has 112 valence electrons. The smallest absolute Gasteiger partial charge is 0.0593 e. The molecule has 0 heterocycles. The minimum absolute atomic E-state index is 0.129. The molecule has 0 radical (unpaired) electrons. The van der Waals surface area contributed by atoms with Crippen molar-refractivity contribution >= 4 is 0 Å². The topological polar surface area (TPSA) is 38.5 Å². The van der Waals surface area contributed by atoms with E-state index in [1.54, 1.807) is 0 Å². The number of ether oxygens (including phenoxy) is 1. The van der Waals surface area contributed by atoms with Gasteiger partial charge in [0.2, 0.25) is 0 Å². The van der Waals surface area contributed by atoms with Crippen molar-refractivity contribution in [3.05, 3.63) is 35.4 Å². The van der Waals surface area contributed by atoms with Crippen LogP contribution in [-0.2, 0) is 4.74 Å². The van der Waals surface area contributed by atoms with E-state index in [1.807, 2.05) is 0 Å². The lowest BCUT2D eigenvalue weighted by atomic mass is 10.0. The minimum atomic E-state index is 0.129. The molecule has 1 aliphatic carbocycles. The van der Waals surface area contributed by atoms with Crippen LogP contribution < -0.4 is 5.73 Å². The first-order valence-electron chi connectivity index (χ1n) is 7.73. The maximum atomic E-state index is 6.26. The van der Waals surface area contributed by atoms with E-state index >= 15 is 0 Å². The minimum Gasteiger partial charge on any atom is -0.380 e. The summed E-state index contributed by atoms with van der Waals surface area (Å²) in [6.45, 7) is 5.91. The van der Waals surface area contributed by atoms with Gasteiger partial charge in [-0.2, -0.15) is 0 Å². The molecule has 0 spiro atoms. The third-order valence-corrected chi connectivity index (χ3v) is 3.96. The Balaban J connectivity index is 1.60. The number of hydrogen-bond donors (Lipinski definition) is 1. The number of hydrogen-bond acceptors (Lipinski definition) is 3. The van der Waals surface area contributed by atoms with Gasteiger partial charge >= 0.3 is 0 Å². The summed E-state index contributed by atoms with van der Waals surface area (Å²) in [6.07, 6.45) is 3.71. The third kappa shape index (κ3) is 5.61. The second kappa shape index (κ2) is 7.77. The Morgan fingerprint density at radius 3 is 2.85 bits per heavy atom. The van der Waals surface area contributed by atoms with Crippen LogP contribution in [0.2, 0.25) is 0 Å². The predicted octanol–water partition coefficient (Wildman–Crippen LogP) is 2.74. The van der Waals surface area contributed by atoms with Gasteiger partial charge in [0.05, 0.1) is 6.61 Å². The van der Waals surface area contributed by atoms with Crippen molar-refractivity contribution in [1.29, 1.82) is 0 Å². The highest BCUT2D eigenvalue weighted by molar-refractivity contribution is 5.24. The summed E-state index contributed by atoms with van der Waals surface area (Å²) in [4.78, 5) is 2.31. The Hall–Kier alpha value is -0.900. The largest absolute Gasteiger partial charge is 0.380 e. The van der Waals surface area contributed by atoms with Crippen molar-refractivity contribution in [2.75, 3.05) is 33.4 Å². The van der Waals surface area contributed by atoms with E-state index in [1.165, 1.54) is 24.0 Å². The average molecular weight is 276 g/mol. The zero-order valence-electron chi connectivity index (χ0n) is 12.8. The number of nitrogens with zero attached hydrogens (tertiary/aromatic N) is 1. The van der Waals surface area contributed by atoms with Gasteiger partial charge < -0.3 is 15.4 Å². The van der Waals surface area contributed by atoms with Crippen LogP contribution in [0, 0.1) is 12.8 Å². The van der Waals surface area contributed by atoms with Gasteiger partial charge in [0.15, 0.2) is 0 Å². The van der Waals surface area contributed by atoms with Gasteiger partial charge in [-0.25, -0.2) is 0 Å². The van der Waals surface area contributed by atoms with Gasteiger partial charge in [-0.1, -0.05) is 29.8 Å². The van der Waals surface area contributed by atoms with Crippen molar-refractivity contribution < 1.29 is 4.74 Å². The second-order valence-electron chi connectivity index (χ2n) is 6.13. The van der Waals surface area contributed by atoms with E-state index in [0.717, 1.165) is 38.6 Å². The highest BCUT2D eigenvalue weighted by Gasteiger charge is 2.20. The zero-order chi connectivity index (χ0) is 14.4. The standard InChI is InChI=1S/C17H28N2O/c1-14-4-3-5-16(12-14)17(18)8-9-19(2)10-11-20-13-15-6-7-15/h3-5,12,15,17H,6-11,13,18H2,1-2H3.